The molecule has 0 unspecified atom stereocenters. The summed E-state index contributed by atoms with van der Waals surface area (Å²) < 4.78 is 5.93. The number of carbonyl (C=O) groups is 1. The molecule has 160 valence electrons. The molecule has 29 heavy (non-hydrogen) atoms. The van der Waals surface area contributed by atoms with E-state index in [1.165, 1.54) is 0 Å². The molecule has 0 radical (unpaired) electrons. The van der Waals surface area contributed by atoms with Crippen LogP contribution in [-0.2, 0) is 11.2 Å². The predicted molar refractivity (Wildman–Crippen MR) is 115 cm³/mol. The standard InChI is InChI=1S/C23H31ClO5/c1-13(7-6-8-14(2)18-11-19(26)23(4,5)29-18)9-10-16-21(27)17(12-25)15(3)20(24)22(16)28/h8-9,12,18-19,26-28H,6-7,10-11H2,1-5H3/t18-,19-/m1/s1. The van der Waals surface area contributed by atoms with Crippen LogP contribution in [0.3, 0.4) is 0 Å². The Balaban J connectivity index is 2.02. The van der Waals surface area contributed by atoms with Gasteiger partial charge in [0.15, 0.2) is 6.29 Å². The number of benzene rings is 1. The number of hydrogen-bond donors (Lipinski definition) is 3. The lowest BCUT2D eigenvalue weighted by atomic mass is 9.98. The molecule has 2 atom stereocenters. The molecule has 0 aromatic heterocycles. The van der Waals surface area contributed by atoms with Gasteiger partial charge in [-0.25, -0.2) is 0 Å². The number of ether oxygens (including phenoxy) is 1. The first kappa shape index (κ1) is 23.5. The highest BCUT2D eigenvalue weighted by Crippen LogP contribution is 2.40. The number of aliphatic hydroxyl groups excluding tert-OH is 1. The number of rotatable bonds is 7. The van der Waals surface area contributed by atoms with E-state index in [2.05, 4.69) is 6.08 Å². The SMILES string of the molecule is CC(=CCc1c(O)c(Cl)c(C)c(C=O)c1O)CCC=C(C)[C@H]1C[C@@H](O)C(C)(C)O1. The van der Waals surface area contributed by atoms with E-state index in [9.17, 15) is 20.1 Å². The molecule has 1 fully saturated rings. The van der Waals surface area contributed by atoms with Crippen LogP contribution in [0.5, 0.6) is 11.5 Å². The first-order valence-electron chi connectivity index (χ1n) is 9.85. The summed E-state index contributed by atoms with van der Waals surface area (Å²) in [6.45, 7) is 9.38. The second-order valence-corrected chi connectivity index (χ2v) is 8.73. The molecule has 1 aliphatic heterocycles. The van der Waals surface area contributed by atoms with Crippen molar-refractivity contribution in [2.75, 3.05) is 0 Å². The van der Waals surface area contributed by atoms with Gasteiger partial charge in [-0.2, -0.15) is 0 Å². The molecule has 1 heterocycles. The Hall–Kier alpha value is -1.82. The largest absolute Gasteiger partial charge is 0.507 e. The average Bonchev–Trinajstić information content (AvgIpc) is 2.93. The first-order valence-corrected chi connectivity index (χ1v) is 10.2. The zero-order valence-corrected chi connectivity index (χ0v) is 18.5. The van der Waals surface area contributed by atoms with Crippen LogP contribution in [0.1, 0.15) is 68.4 Å². The average molecular weight is 423 g/mol. The van der Waals surface area contributed by atoms with E-state index in [4.69, 9.17) is 16.3 Å². The zero-order chi connectivity index (χ0) is 21.9. The third-order valence-corrected chi connectivity index (χ3v) is 6.20. The molecular formula is C23H31ClO5. The van der Waals surface area contributed by atoms with Gasteiger partial charge in [0.05, 0.1) is 28.4 Å². The molecule has 6 heteroatoms. The van der Waals surface area contributed by atoms with Crippen molar-refractivity contribution in [2.24, 2.45) is 0 Å². The Kier molecular flexibility index (Phi) is 7.55. The number of allylic oxidation sites excluding steroid dienone is 3. The maximum Gasteiger partial charge on any atom is 0.154 e. The third-order valence-electron chi connectivity index (χ3n) is 5.74. The van der Waals surface area contributed by atoms with E-state index in [1.807, 2.05) is 33.8 Å². The van der Waals surface area contributed by atoms with Gasteiger partial charge in [-0.1, -0.05) is 29.3 Å². The van der Waals surface area contributed by atoms with Gasteiger partial charge in [0.2, 0.25) is 0 Å². The highest BCUT2D eigenvalue weighted by Gasteiger charge is 2.40. The van der Waals surface area contributed by atoms with E-state index in [0.717, 1.165) is 24.0 Å². The number of aldehydes is 1. The summed E-state index contributed by atoms with van der Waals surface area (Å²) in [5, 5.41) is 30.7. The highest BCUT2D eigenvalue weighted by molar-refractivity contribution is 6.33. The minimum absolute atomic E-state index is 0.0605. The van der Waals surface area contributed by atoms with Gasteiger partial charge in [0, 0.05) is 12.0 Å². The summed E-state index contributed by atoms with van der Waals surface area (Å²) in [5.41, 5.74) is 2.40. The summed E-state index contributed by atoms with van der Waals surface area (Å²) in [5.74, 6) is -0.412. The minimum Gasteiger partial charge on any atom is -0.507 e. The fourth-order valence-electron chi connectivity index (χ4n) is 3.51. The minimum atomic E-state index is -0.519. The van der Waals surface area contributed by atoms with Crippen LogP contribution in [0.25, 0.3) is 0 Å². The van der Waals surface area contributed by atoms with E-state index < -0.39 is 11.7 Å². The van der Waals surface area contributed by atoms with Gasteiger partial charge < -0.3 is 20.1 Å². The van der Waals surface area contributed by atoms with E-state index >= 15 is 0 Å². The Morgan fingerprint density at radius 2 is 1.90 bits per heavy atom. The Bertz CT molecular complexity index is 838. The van der Waals surface area contributed by atoms with Crippen LogP contribution >= 0.6 is 11.6 Å². The van der Waals surface area contributed by atoms with Gasteiger partial charge >= 0.3 is 0 Å². The van der Waals surface area contributed by atoms with Crippen LogP contribution in [0.15, 0.2) is 23.3 Å². The summed E-state index contributed by atoms with van der Waals surface area (Å²) in [4.78, 5) is 11.2. The van der Waals surface area contributed by atoms with Crippen molar-refractivity contribution in [1.29, 1.82) is 0 Å². The number of phenols is 2. The second-order valence-electron chi connectivity index (χ2n) is 8.35. The van der Waals surface area contributed by atoms with Crippen LogP contribution in [0.4, 0.5) is 0 Å². The lowest BCUT2D eigenvalue weighted by molar-refractivity contribution is -0.0472. The lowest BCUT2D eigenvalue weighted by Gasteiger charge is -2.22. The quantitative estimate of drug-likeness (QED) is 0.424. The number of hydrogen-bond acceptors (Lipinski definition) is 5. The van der Waals surface area contributed by atoms with Gasteiger partial charge in [-0.15, -0.1) is 0 Å². The molecule has 5 nitrogen and oxygen atoms in total. The van der Waals surface area contributed by atoms with Crippen LogP contribution in [0.2, 0.25) is 5.02 Å². The maximum atomic E-state index is 11.2. The van der Waals surface area contributed by atoms with Crippen molar-refractivity contribution < 1.29 is 24.9 Å². The molecule has 1 aliphatic rings. The molecule has 1 saturated heterocycles. The van der Waals surface area contributed by atoms with Gasteiger partial charge in [0.25, 0.3) is 0 Å². The molecule has 0 spiro atoms. The molecule has 1 aromatic rings. The molecule has 2 rings (SSSR count). The number of halogens is 1. The Morgan fingerprint density at radius 3 is 2.45 bits per heavy atom. The maximum absolute atomic E-state index is 11.2. The van der Waals surface area contributed by atoms with Gasteiger partial charge in [-0.3, -0.25) is 4.79 Å². The van der Waals surface area contributed by atoms with Crippen LogP contribution < -0.4 is 0 Å². The van der Waals surface area contributed by atoms with Crippen molar-refractivity contribution in [3.63, 3.8) is 0 Å². The van der Waals surface area contributed by atoms with Crippen molar-refractivity contribution >= 4 is 17.9 Å². The molecule has 0 amide bonds. The molecule has 0 saturated carbocycles. The normalized spacial score (nSPS) is 22.2. The zero-order valence-electron chi connectivity index (χ0n) is 17.8. The van der Waals surface area contributed by atoms with Crippen molar-refractivity contribution in [1.82, 2.24) is 0 Å². The first-order chi connectivity index (χ1) is 13.5. The third kappa shape index (κ3) is 5.21. The Morgan fingerprint density at radius 1 is 1.24 bits per heavy atom. The van der Waals surface area contributed by atoms with Crippen LogP contribution in [-0.4, -0.2) is 39.4 Å². The molecule has 1 aromatic carbocycles. The van der Waals surface area contributed by atoms with E-state index in [0.29, 0.717) is 18.3 Å². The monoisotopic (exact) mass is 422 g/mol. The smallest absolute Gasteiger partial charge is 0.154 e. The number of aromatic hydroxyl groups is 2. The lowest BCUT2D eigenvalue weighted by Crippen LogP contribution is -2.31. The van der Waals surface area contributed by atoms with E-state index in [-0.39, 0.29) is 40.2 Å². The van der Waals surface area contributed by atoms with Crippen molar-refractivity contribution in [3.05, 3.63) is 45.0 Å². The summed E-state index contributed by atoms with van der Waals surface area (Å²) >= 11 is 6.09. The summed E-state index contributed by atoms with van der Waals surface area (Å²) in [6, 6.07) is 0. The number of aliphatic hydroxyl groups is 1. The fourth-order valence-corrected chi connectivity index (χ4v) is 3.73. The second kappa shape index (κ2) is 9.33. The van der Waals surface area contributed by atoms with Gasteiger partial charge in [0.1, 0.15) is 11.5 Å². The summed E-state index contributed by atoms with van der Waals surface area (Å²) in [7, 11) is 0. The Labute approximate surface area is 177 Å². The molecule has 0 bridgehead atoms. The van der Waals surface area contributed by atoms with Crippen molar-refractivity contribution in [3.8, 4) is 11.5 Å². The topological polar surface area (TPSA) is 87.0 Å². The molecule has 0 aliphatic carbocycles. The fraction of sp³-hybridized carbons (Fsp3) is 0.522. The van der Waals surface area contributed by atoms with Crippen LogP contribution in [0, 0.1) is 6.92 Å². The predicted octanol–water partition coefficient (Wildman–Crippen LogP) is 5.02. The number of carbonyl (C=O) groups excluding carboxylic acids is 1. The summed E-state index contributed by atoms with van der Waals surface area (Å²) in [6.07, 6.45) is 6.57. The van der Waals surface area contributed by atoms with E-state index in [1.54, 1.807) is 6.92 Å². The highest BCUT2D eigenvalue weighted by atomic mass is 35.5. The van der Waals surface area contributed by atoms with Crippen molar-refractivity contribution in [2.45, 2.75) is 78.1 Å². The van der Waals surface area contributed by atoms with Gasteiger partial charge in [-0.05, 0) is 65.0 Å². The number of phenolic OH excluding ortho intramolecular Hbond substituents is 2. The molecule has 3 N–H and O–H groups in total. The molecular weight excluding hydrogens is 392 g/mol.